The van der Waals surface area contributed by atoms with Crippen molar-refractivity contribution >= 4 is 21.6 Å². The summed E-state index contributed by atoms with van der Waals surface area (Å²) < 4.78 is 27.2. The molecule has 0 saturated carbocycles. The summed E-state index contributed by atoms with van der Waals surface area (Å²) in [7, 11) is -3.78. The van der Waals surface area contributed by atoms with Crippen LogP contribution < -0.4 is 10.0 Å². The summed E-state index contributed by atoms with van der Waals surface area (Å²) in [6.45, 7) is 0.0869. The highest BCUT2D eigenvalue weighted by atomic mass is 32.2. The number of benzene rings is 2. The number of anilines is 1. The van der Waals surface area contributed by atoms with Crippen molar-refractivity contribution in [3.8, 4) is 6.07 Å². The number of rotatable bonds is 4. The van der Waals surface area contributed by atoms with E-state index in [-0.39, 0.29) is 22.9 Å². The Hall–Kier alpha value is -2.69. The van der Waals surface area contributed by atoms with Crippen LogP contribution in [0.1, 0.15) is 16.7 Å². The number of sulfonamides is 1. The van der Waals surface area contributed by atoms with Gasteiger partial charge in [0.25, 0.3) is 0 Å². The van der Waals surface area contributed by atoms with E-state index in [1.54, 1.807) is 30.3 Å². The number of fused-ring (bicyclic) bond motifs is 1. The largest absolute Gasteiger partial charge is 0.326 e. The predicted octanol–water partition coefficient (Wildman–Crippen LogP) is 1.53. The molecule has 7 heteroatoms. The van der Waals surface area contributed by atoms with E-state index in [0.29, 0.717) is 6.42 Å². The van der Waals surface area contributed by atoms with Gasteiger partial charge in [-0.2, -0.15) is 5.26 Å². The Morgan fingerprint density at radius 1 is 1.22 bits per heavy atom. The second kappa shape index (κ2) is 5.83. The Balaban J connectivity index is 1.79. The highest BCUT2D eigenvalue weighted by molar-refractivity contribution is 7.89. The van der Waals surface area contributed by atoms with Gasteiger partial charge in [0, 0.05) is 12.2 Å². The van der Waals surface area contributed by atoms with Crippen LogP contribution in [0.4, 0.5) is 5.69 Å². The number of nitrogens with one attached hydrogen (secondary N) is 2. The standard InChI is InChI=1S/C16H13N3O3S/c17-9-12-3-1-2-4-15(12)23(21,22)18-10-11-5-6-14-13(7-11)8-16(20)19-14/h1-7,18H,8,10H2,(H,19,20). The van der Waals surface area contributed by atoms with E-state index in [4.69, 9.17) is 5.26 Å². The second-order valence-electron chi connectivity index (χ2n) is 5.15. The highest BCUT2D eigenvalue weighted by Gasteiger charge is 2.20. The summed E-state index contributed by atoms with van der Waals surface area (Å²) in [5.74, 6) is -0.0688. The molecule has 0 fully saturated rings. The molecule has 0 bridgehead atoms. The average molecular weight is 327 g/mol. The third-order valence-electron chi connectivity index (χ3n) is 3.56. The Labute approximate surface area is 133 Å². The number of hydrogen-bond donors (Lipinski definition) is 2. The molecule has 0 radical (unpaired) electrons. The number of amides is 1. The van der Waals surface area contributed by atoms with E-state index in [1.165, 1.54) is 12.1 Å². The number of carbonyl (C=O) groups is 1. The number of nitriles is 1. The predicted molar refractivity (Wildman–Crippen MR) is 84.0 cm³/mol. The van der Waals surface area contributed by atoms with E-state index >= 15 is 0 Å². The van der Waals surface area contributed by atoms with Gasteiger partial charge in [0.05, 0.1) is 16.9 Å². The molecule has 116 valence electrons. The molecule has 0 unspecified atom stereocenters. The van der Waals surface area contributed by atoms with Gasteiger partial charge in [0.15, 0.2) is 0 Å². The summed E-state index contributed by atoms with van der Waals surface area (Å²) in [4.78, 5) is 11.3. The summed E-state index contributed by atoms with van der Waals surface area (Å²) in [5.41, 5.74) is 2.46. The van der Waals surface area contributed by atoms with Gasteiger partial charge in [-0.05, 0) is 29.3 Å². The first-order valence-electron chi connectivity index (χ1n) is 6.90. The first-order chi connectivity index (χ1) is 11.0. The molecule has 2 aromatic rings. The quantitative estimate of drug-likeness (QED) is 0.889. The Kier molecular flexibility index (Phi) is 3.86. The van der Waals surface area contributed by atoms with Crippen LogP contribution in [0.2, 0.25) is 0 Å². The molecule has 2 aromatic carbocycles. The van der Waals surface area contributed by atoms with Crippen LogP contribution in [0.25, 0.3) is 0 Å². The molecule has 1 amide bonds. The fourth-order valence-corrected chi connectivity index (χ4v) is 3.62. The molecular weight excluding hydrogens is 314 g/mol. The lowest BCUT2D eigenvalue weighted by Crippen LogP contribution is -2.24. The van der Waals surface area contributed by atoms with Crippen LogP contribution in [-0.4, -0.2) is 14.3 Å². The average Bonchev–Trinajstić information content (AvgIpc) is 2.92. The number of nitrogens with zero attached hydrogens (tertiary/aromatic N) is 1. The number of hydrogen-bond acceptors (Lipinski definition) is 4. The van der Waals surface area contributed by atoms with Crippen molar-refractivity contribution in [3.63, 3.8) is 0 Å². The van der Waals surface area contributed by atoms with E-state index < -0.39 is 10.0 Å². The summed E-state index contributed by atoms with van der Waals surface area (Å²) in [5, 5.41) is 11.7. The van der Waals surface area contributed by atoms with Crippen molar-refractivity contribution < 1.29 is 13.2 Å². The molecule has 1 aliphatic rings. The normalized spacial score (nSPS) is 13.3. The van der Waals surface area contributed by atoms with Crippen molar-refractivity contribution in [3.05, 3.63) is 59.2 Å². The molecule has 0 spiro atoms. The lowest BCUT2D eigenvalue weighted by Gasteiger charge is -2.09. The van der Waals surface area contributed by atoms with Gasteiger partial charge < -0.3 is 5.32 Å². The van der Waals surface area contributed by atoms with Gasteiger partial charge in [-0.3, -0.25) is 4.79 Å². The van der Waals surface area contributed by atoms with Gasteiger partial charge in [-0.15, -0.1) is 0 Å². The third kappa shape index (κ3) is 3.08. The SMILES string of the molecule is N#Cc1ccccc1S(=O)(=O)NCc1ccc2c(c1)CC(=O)N2. The minimum absolute atomic E-state index is 0.0412. The maximum atomic E-state index is 12.3. The zero-order valence-corrected chi connectivity index (χ0v) is 12.9. The van der Waals surface area contributed by atoms with Crippen LogP contribution >= 0.6 is 0 Å². The van der Waals surface area contributed by atoms with Crippen LogP contribution in [0, 0.1) is 11.3 Å². The van der Waals surface area contributed by atoms with Crippen LogP contribution in [0.5, 0.6) is 0 Å². The Bertz CT molecular complexity index is 930. The van der Waals surface area contributed by atoms with Crippen LogP contribution in [-0.2, 0) is 27.8 Å². The van der Waals surface area contributed by atoms with Crippen molar-refractivity contribution in [2.24, 2.45) is 0 Å². The molecule has 2 N–H and O–H groups in total. The van der Waals surface area contributed by atoms with E-state index in [2.05, 4.69) is 10.0 Å². The maximum absolute atomic E-state index is 12.3. The molecule has 0 aliphatic carbocycles. The summed E-state index contributed by atoms with van der Waals surface area (Å²) in [6.07, 6.45) is 0.299. The molecule has 1 aliphatic heterocycles. The van der Waals surface area contributed by atoms with E-state index in [9.17, 15) is 13.2 Å². The Morgan fingerprint density at radius 3 is 2.78 bits per heavy atom. The third-order valence-corrected chi connectivity index (χ3v) is 5.02. The molecule has 1 heterocycles. The maximum Gasteiger partial charge on any atom is 0.242 e. The second-order valence-corrected chi connectivity index (χ2v) is 6.88. The zero-order valence-electron chi connectivity index (χ0n) is 12.0. The van der Waals surface area contributed by atoms with Gasteiger partial charge in [-0.25, -0.2) is 13.1 Å². The smallest absolute Gasteiger partial charge is 0.242 e. The van der Waals surface area contributed by atoms with Gasteiger partial charge in [0.2, 0.25) is 15.9 Å². The fourth-order valence-electron chi connectivity index (χ4n) is 2.44. The van der Waals surface area contributed by atoms with Crippen molar-refractivity contribution in [2.45, 2.75) is 17.9 Å². The van der Waals surface area contributed by atoms with Crippen LogP contribution in [0.3, 0.4) is 0 Å². The highest BCUT2D eigenvalue weighted by Crippen LogP contribution is 2.24. The molecule has 6 nitrogen and oxygen atoms in total. The fraction of sp³-hybridized carbons (Fsp3) is 0.125. The van der Waals surface area contributed by atoms with Crippen molar-refractivity contribution in [2.75, 3.05) is 5.32 Å². The molecule has 0 atom stereocenters. The van der Waals surface area contributed by atoms with Gasteiger partial charge in [-0.1, -0.05) is 24.3 Å². The van der Waals surface area contributed by atoms with E-state index in [1.807, 2.05) is 6.07 Å². The molecule has 0 aromatic heterocycles. The summed E-state index contributed by atoms with van der Waals surface area (Å²) in [6, 6.07) is 13.2. The van der Waals surface area contributed by atoms with Gasteiger partial charge >= 0.3 is 0 Å². The molecule has 23 heavy (non-hydrogen) atoms. The van der Waals surface area contributed by atoms with Crippen LogP contribution in [0.15, 0.2) is 47.4 Å². The number of carbonyl (C=O) groups excluding carboxylic acids is 1. The van der Waals surface area contributed by atoms with Crippen molar-refractivity contribution in [1.82, 2.24) is 4.72 Å². The first kappa shape index (κ1) is 15.2. The summed E-state index contributed by atoms with van der Waals surface area (Å²) >= 11 is 0. The minimum atomic E-state index is -3.78. The van der Waals surface area contributed by atoms with E-state index in [0.717, 1.165) is 16.8 Å². The first-order valence-corrected chi connectivity index (χ1v) is 8.38. The zero-order chi connectivity index (χ0) is 16.4. The van der Waals surface area contributed by atoms with Gasteiger partial charge in [0.1, 0.15) is 6.07 Å². The topological polar surface area (TPSA) is 99.1 Å². The Morgan fingerprint density at radius 2 is 2.00 bits per heavy atom. The molecule has 0 saturated heterocycles. The monoisotopic (exact) mass is 327 g/mol. The van der Waals surface area contributed by atoms with Crippen molar-refractivity contribution in [1.29, 1.82) is 5.26 Å². The molecular formula is C16H13N3O3S. The lowest BCUT2D eigenvalue weighted by molar-refractivity contribution is -0.115. The lowest BCUT2D eigenvalue weighted by atomic mass is 10.1. The minimum Gasteiger partial charge on any atom is -0.326 e. The molecule has 3 rings (SSSR count).